The number of halogens is 5. The number of amides is 2. The largest absolute Gasteiger partial charge is 0.477 e. The van der Waals surface area contributed by atoms with Crippen LogP contribution in [-0.4, -0.2) is 48.6 Å². The lowest BCUT2D eigenvalue weighted by molar-refractivity contribution is -0.141. The Bertz CT molecular complexity index is 1670. The molecule has 0 radical (unpaired) electrons. The Morgan fingerprint density at radius 3 is 2.60 bits per heavy atom. The van der Waals surface area contributed by atoms with Gasteiger partial charge in [-0.2, -0.15) is 18.3 Å². The highest BCUT2D eigenvalue weighted by Gasteiger charge is 2.44. The third-order valence-corrected chi connectivity index (χ3v) is 7.83. The van der Waals surface area contributed by atoms with Crippen molar-refractivity contribution < 1.29 is 36.3 Å². The van der Waals surface area contributed by atoms with Gasteiger partial charge in [-0.1, -0.05) is 19.4 Å². The summed E-state index contributed by atoms with van der Waals surface area (Å²) in [4.78, 5) is 32.7. The predicted octanol–water partition coefficient (Wildman–Crippen LogP) is 4.94. The summed E-state index contributed by atoms with van der Waals surface area (Å²) in [5, 5.41) is 6.31. The first-order chi connectivity index (χ1) is 20.3. The van der Waals surface area contributed by atoms with E-state index in [9.17, 15) is 31.5 Å². The molecule has 0 atom stereocenters. The van der Waals surface area contributed by atoms with Gasteiger partial charge in [0.15, 0.2) is 17.2 Å². The second kappa shape index (κ2) is 11.3. The van der Waals surface area contributed by atoms with Crippen LogP contribution in [-0.2, 0) is 13.2 Å². The van der Waals surface area contributed by atoms with Crippen molar-refractivity contribution in [1.29, 1.82) is 0 Å². The Morgan fingerprint density at radius 2 is 1.95 bits per heavy atom. The summed E-state index contributed by atoms with van der Waals surface area (Å²) in [5.41, 5.74) is 3.70. The average molecular weight is 606 g/mol. The molecule has 0 bridgehead atoms. The van der Waals surface area contributed by atoms with Gasteiger partial charge in [0.05, 0.1) is 12.1 Å². The minimum Gasteiger partial charge on any atom is -0.477 e. The Kier molecular flexibility index (Phi) is 7.84. The van der Waals surface area contributed by atoms with E-state index in [1.807, 2.05) is 6.92 Å². The number of nitrogens with one attached hydrogen (secondary N) is 1. The molecule has 1 saturated carbocycles. The molecule has 0 unspecified atom stereocenters. The number of carbonyl (C=O) groups excluding carboxylic acids is 2. The molecule has 0 aromatic carbocycles. The van der Waals surface area contributed by atoms with Crippen LogP contribution in [0.15, 0.2) is 42.9 Å². The van der Waals surface area contributed by atoms with Crippen molar-refractivity contribution in [2.75, 3.05) is 6.61 Å². The summed E-state index contributed by atoms with van der Waals surface area (Å²) >= 11 is 0. The minimum atomic E-state index is -4.76. The van der Waals surface area contributed by atoms with Gasteiger partial charge in [0.2, 0.25) is 5.88 Å². The molecule has 43 heavy (non-hydrogen) atoms. The van der Waals surface area contributed by atoms with Gasteiger partial charge in [-0.25, -0.2) is 18.7 Å². The van der Waals surface area contributed by atoms with Gasteiger partial charge in [0.1, 0.15) is 5.56 Å². The van der Waals surface area contributed by atoms with E-state index in [0.717, 1.165) is 27.9 Å². The molecule has 5 rings (SSSR count). The molecule has 1 aliphatic rings. The first-order valence-corrected chi connectivity index (χ1v) is 13.4. The molecule has 3 N–H and O–H groups in total. The van der Waals surface area contributed by atoms with Crippen molar-refractivity contribution in [3.63, 3.8) is 0 Å². The molecule has 4 aromatic heterocycles. The zero-order chi connectivity index (χ0) is 31.1. The van der Waals surface area contributed by atoms with Crippen LogP contribution in [0.4, 0.5) is 22.0 Å². The molecule has 0 spiro atoms. The van der Waals surface area contributed by atoms with Gasteiger partial charge in [-0.3, -0.25) is 18.7 Å². The predicted molar refractivity (Wildman–Crippen MR) is 143 cm³/mol. The number of fused-ring (bicyclic) bond motifs is 1. The van der Waals surface area contributed by atoms with Crippen molar-refractivity contribution in [2.45, 2.75) is 51.3 Å². The number of carbonyl (C=O) groups is 2. The highest BCUT2D eigenvalue weighted by atomic mass is 19.4. The minimum absolute atomic E-state index is 0.0122. The van der Waals surface area contributed by atoms with Crippen LogP contribution in [0, 0.1) is 5.41 Å². The molecule has 1 aliphatic carbocycles. The van der Waals surface area contributed by atoms with E-state index in [2.05, 4.69) is 20.4 Å². The number of hydrogen-bond donors (Lipinski definition) is 2. The quantitative estimate of drug-likeness (QED) is 0.246. The number of imidazole rings is 1. The summed E-state index contributed by atoms with van der Waals surface area (Å²) in [6.45, 7) is 2.28. The average Bonchev–Trinajstić information content (AvgIpc) is 3.52. The van der Waals surface area contributed by atoms with E-state index in [1.54, 1.807) is 6.07 Å². The van der Waals surface area contributed by atoms with Crippen LogP contribution < -0.4 is 15.8 Å². The molecule has 0 saturated heterocycles. The molecule has 4 heterocycles. The fourth-order valence-electron chi connectivity index (χ4n) is 5.57. The van der Waals surface area contributed by atoms with E-state index in [1.165, 1.54) is 31.4 Å². The lowest BCUT2D eigenvalue weighted by atomic mass is 9.62. The highest BCUT2D eigenvalue weighted by molar-refractivity contribution is 5.99. The molecule has 2 amide bonds. The zero-order valence-electron chi connectivity index (χ0n) is 23.2. The van der Waals surface area contributed by atoms with E-state index in [0.29, 0.717) is 19.3 Å². The fraction of sp³-hybridized carbons (Fsp3) is 0.393. The van der Waals surface area contributed by atoms with Crippen molar-refractivity contribution in [3.8, 4) is 17.0 Å². The number of ether oxygens (including phenoxy) is 1. The van der Waals surface area contributed by atoms with Crippen LogP contribution >= 0.6 is 0 Å². The number of nitrogens with two attached hydrogens (primary N) is 1. The fourth-order valence-corrected chi connectivity index (χ4v) is 5.57. The second-order valence-electron chi connectivity index (χ2n) is 10.6. The summed E-state index contributed by atoms with van der Waals surface area (Å²) < 4.78 is 76.0. The molecular formula is C28H28F5N7O3. The number of primary amides is 1. The van der Waals surface area contributed by atoms with Crippen molar-refractivity contribution in [1.82, 2.24) is 29.5 Å². The van der Waals surface area contributed by atoms with Crippen LogP contribution in [0.2, 0.25) is 0 Å². The molecule has 10 nitrogen and oxygen atoms in total. The maximum absolute atomic E-state index is 13.9. The molecule has 0 aliphatic heterocycles. The Balaban J connectivity index is 1.29. The van der Waals surface area contributed by atoms with Crippen LogP contribution in [0.25, 0.3) is 16.6 Å². The first kappa shape index (κ1) is 29.9. The summed E-state index contributed by atoms with van der Waals surface area (Å²) in [5.74, 6) is -1.94. The normalized spacial score (nSPS) is 18.6. The van der Waals surface area contributed by atoms with Gasteiger partial charge in [0.25, 0.3) is 18.2 Å². The van der Waals surface area contributed by atoms with Crippen molar-refractivity contribution >= 4 is 17.3 Å². The smallest absolute Gasteiger partial charge is 0.435 e. The van der Waals surface area contributed by atoms with E-state index in [-0.39, 0.29) is 51.8 Å². The highest BCUT2D eigenvalue weighted by Crippen LogP contribution is 2.47. The van der Waals surface area contributed by atoms with E-state index >= 15 is 0 Å². The number of rotatable bonds is 10. The lowest BCUT2D eigenvalue weighted by Crippen LogP contribution is -2.51. The molecule has 4 aromatic rings. The van der Waals surface area contributed by atoms with Gasteiger partial charge in [-0.15, -0.1) is 0 Å². The topological polar surface area (TPSA) is 129 Å². The zero-order valence-corrected chi connectivity index (χ0v) is 23.2. The third-order valence-electron chi connectivity index (χ3n) is 7.83. The third kappa shape index (κ3) is 5.88. The number of aromatic nitrogens is 5. The number of nitrogens with zero attached hydrogens (tertiary/aromatic N) is 5. The van der Waals surface area contributed by atoms with Crippen molar-refractivity contribution in [2.24, 2.45) is 18.2 Å². The molecule has 15 heteroatoms. The van der Waals surface area contributed by atoms with Gasteiger partial charge >= 0.3 is 6.18 Å². The summed E-state index contributed by atoms with van der Waals surface area (Å²) in [6, 6.07) is 5.46. The Hall–Kier alpha value is -4.56. The first-order valence-electron chi connectivity index (χ1n) is 13.4. The summed E-state index contributed by atoms with van der Waals surface area (Å²) in [6.07, 6.45) is -1.52. The second-order valence-corrected chi connectivity index (χ2v) is 10.6. The Morgan fingerprint density at radius 1 is 1.21 bits per heavy atom. The monoisotopic (exact) mass is 605 g/mol. The van der Waals surface area contributed by atoms with Crippen LogP contribution in [0.3, 0.4) is 0 Å². The van der Waals surface area contributed by atoms with Gasteiger partial charge in [-0.05, 0) is 42.9 Å². The lowest BCUT2D eigenvalue weighted by Gasteiger charge is -2.47. The molecule has 228 valence electrons. The standard InChI is InChI=1S/C28H28F5N7O3/c1-3-27(8-10-43-26-17(23(34)41)5-4-9-35-26)11-16(12-27)36-25(42)20-19-7-6-15(13-40(19)24(37-20)22(29)30)18-14-39(2)38-21(18)28(31,32)33/h4-7,9,13-14,16,22H,3,8,10-12H2,1-2H3,(H2,34,41)(H,36,42). The van der Waals surface area contributed by atoms with Crippen LogP contribution in [0.1, 0.15) is 71.4 Å². The maximum Gasteiger partial charge on any atom is 0.435 e. The maximum atomic E-state index is 13.9. The number of alkyl halides is 5. The van der Waals surface area contributed by atoms with E-state index in [4.69, 9.17) is 10.5 Å². The number of pyridine rings is 2. The van der Waals surface area contributed by atoms with Crippen LogP contribution in [0.5, 0.6) is 5.88 Å². The Labute approximate surface area is 242 Å². The van der Waals surface area contributed by atoms with Gasteiger partial charge < -0.3 is 15.8 Å². The number of hydrogen-bond acceptors (Lipinski definition) is 6. The molecule has 1 fully saturated rings. The molecular weight excluding hydrogens is 577 g/mol. The number of aryl methyl sites for hydroxylation is 1. The van der Waals surface area contributed by atoms with Gasteiger partial charge in [0, 0.05) is 42.8 Å². The van der Waals surface area contributed by atoms with Crippen molar-refractivity contribution in [3.05, 3.63) is 65.6 Å². The van der Waals surface area contributed by atoms with E-state index < -0.39 is 35.9 Å². The SMILES string of the molecule is CCC1(CCOc2ncccc2C(N)=O)CC(NC(=O)c2nc(C(F)F)n3cc(-c4cn(C)nc4C(F)(F)F)ccc23)C1. The summed E-state index contributed by atoms with van der Waals surface area (Å²) in [7, 11) is 1.32.